The third-order valence-corrected chi connectivity index (χ3v) is 3.70. The van der Waals surface area contributed by atoms with E-state index in [0.717, 1.165) is 10.6 Å². The minimum absolute atomic E-state index is 0.118. The maximum absolute atomic E-state index is 11.6. The van der Waals surface area contributed by atoms with E-state index in [2.05, 4.69) is 5.32 Å². The predicted octanol–water partition coefficient (Wildman–Crippen LogP) is 3.16. The van der Waals surface area contributed by atoms with Gasteiger partial charge in [0.25, 0.3) is 0 Å². The number of carbonyl (C=O) groups excluding carboxylic acids is 1. The Kier molecular flexibility index (Phi) is 2.24. The van der Waals surface area contributed by atoms with Gasteiger partial charge in [-0.1, -0.05) is 17.7 Å². The summed E-state index contributed by atoms with van der Waals surface area (Å²) in [4.78, 5) is 12.6. The van der Waals surface area contributed by atoms with E-state index >= 15 is 0 Å². The zero-order chi connectivity index (χ0) is 10.3. The summed E-state index contributed by atoms with van der Waals surface area (Å²) in [6.07, 6.45) is 0. The lowest BCUT2D eigenvalue weighted by Crippen LogP contribution is -2.41. The van der Waals surface area contributed by atoms with Crippen molar-refractivity contribution in [1.82, 2.24) is 0 Å². The largest absolute Gasteiger partial charge is 0.370 e. The zero-order valence-corrected chi connectivity index (χ0v) is 9.50. The Morgan fingerprint density at radius 1 is 1.43 bits per heavy atom. The molecule has 0 fully saturated rings. The lowest BCUT2D eigenvalue weighted by molar-refractivity contribution is -0.114. The highest BCUT2D eigenvalue weighted by Gasteiger charge is 2.34. The lowest BCUT2D eigenvalue weighted by atomic mass is 10.1. The third kappa shape index (κ3) is 1.51. The van der Waals surface area contributed by atoms with Gasteiger partial charge in [0.2, 0.25) is 5.12 Å². The maximum Gasteiger partial charge on any atom is 0.218 e. The molecule has 1 aliphatic heterocycles. The smallest absolute Gasteiger partial charge is 0.218 e. The van der Waals surface area contributed by atoms with Crippen LogP contribution in [0.15, 0.2) is 23.1 Å². The highest BCUT2D eigenvalue weighted by Crippen LogP contribution is 2.41. The van der Waals surface area contributed by atoms with Crippen LogP contribution < -0.4 is 5.32 Å². The number of thioether (sulfide) groups is 1. The molecule has 2 nitrogen and oxygen atoms in total. The molecule has 0 aliphatic carbocycles. The summed E-state index contributed by atoms with van der Waals surface area (Å²) in [6.45, 7) is 3.71. The van der Waals surface area contributed by atoms with E-state index in [4.69, 9.17) is 11.6 Å². The van der Waals surface area contributed by atoms with Gasteiger partial charge in [0.1, 0.15) is 5.54 Å². The number of halogens is 1. The molecule has 0 aromatic heterocycles. The number of anilines is 1. The van der Waals surface area contributed by atoms with Gasteiger partial charge in [-0.2, -0.15) is 0 Å². The van der Waals surface area contributed by atoms with Gasteiger partial charge in [-0.3, -0.25) is 4.79 Å². The summed E-state index contributed by atoms with van der Waals surface area (Å²) in [6, 6.07) is 5.56. The molecule has 0 unspecified atom stereocenters. The minimum Gasteiger partial charge on any atom is -0.370 e. The highest BCUT2D eigenvalue weighted by molar-refractivity contribution is 8.14. The van der Waals surface area contributed by atoms with Crippen LogP contribution >= 0.6 is 23.4 Å². The molecule has 74 valence electrons. The van der Waals surface area contributed by atoms with Gasteiger partial charge in [-0.15, -0.1) is 0 Å². The Hall–Kier alpha value is -0.670. The number of hydrogen-bond acceptors (Lipinski definition) is 3. The summed E-state index contributed by atoms with van der Waals surface area (Å²) in [5, 5.41) is 3.93. The first-order chi connectivity index (χ1) is 6.50. The second-order valence-electron chi connectivity index (χ2n) is 3.75. The van der Waals surface area contributed by atoms with E-state index in [0.29, 0.717) is 5.02 Å². The van der Waals surface area contributed by atoms with Crippen LogP contribution in [0.3, 0.4) is 0 Å². The molecular weight excluding hydrogens is 218 g/mol. The van der Waals surface area contributed by atoms with Crippen molar-refractivity contribution in [2.45, 2.75) is 24.3 Å². The lowest BCUT2D eigenvalue weighted by Gasteiger charge is -2.31. The number of nitrogens with one attached hydrogen (secondary N) is 1. The van der Waals surface area contributed by atoms with Crippen LogP contribution in [0.4, 0.5) is 5.69 Å². The molecule has 0 atom stereocenters. The van der Waals surface area contributed by atoms with Crippen molar-refractivity contribution in [2.24, 2.45) is 0 Å². The number of carbonyl (C=O) groups is 1. The molecule has 0 bridgehead atoms. The number of benzene rings is 1. The molecule has 4 heteroatoms. The molecule has 0 saturated carbocycles. The van der Waals surface area contributed by atoms with Gasteiger partial charge >= 0.3 is 0 Å². The summed E-state index contributed by atoms with van der Waals surface area (Å²) >= 11 is 7.28. The van der Waals surface area contributed by atoms with Crippen molar-refractivity contribution >= 4 is 34.2 Å². The maximum atomic E-state index is 11.6. The van der Waals surface area contributed by atoms with Crippen LogP contribution in [0.1, 0.15) is 13.8 Å². The summed E-state index contributed by atoms with van der Waals surface area (Å²) in [5.41, 5.74) is 0.326. The Labute approximate surface area is 92.0 Å². The minimum atomic E-state index is -0.539. The SMILES string of the molecule is CC1(C)Nc2c(Cl)cccc2SC1=O. The average molecular weight is 228 g/mol. The van der Waals surface area contributed by atoms with Gasteiger partial charge in [-0.05, 0) is 37.7 Å². The second kappa shape index (κ2) is 3.17. The van der Waals surface area contributed by atoms with Crippen LogP contribution in [-0.2, 0) is 4.79 Å². The van der Waals surface area contributed by atoms with E-state index in [1.165, 1.54) is 11.8 Å². The fourth-order valence-corrected chi connectivity index (χ4v) is 2.50. The van der Waals surface area contributed by atoms with Crippen molar-refractivity contribution in [3.8, 4) is 0 Å². The van der Waals surface area contributed by atoms with Gasteiger partial charge in [0.15, 0.2) is 0 Å². The zero-order valence-electron chi connectivity index (χ0n) is 7.93. The molecule has 0 radical (unpaired) electrons. The summed E-state index contributed by atoms with van der Waals surface area (Å²) in [7, 11) is 0. The van der Waals surface area contributed by atoms with Crippen molar-refractivity contribution in [3.05, 3.63) is 23.2 Å². The fourth-order valence-electron chi connectivity index (χ4n) is 1.30. The van der Waals surface area contributed by atoms with E-state index in [1.807, 2.05) is 32.0 Å². The van der Waals surface area contributed by atoms with Crippen LogP contribution in [0, 0.1) is 0 Å². The summed E-state index contributed by atoms with van der Waals surface area (Å²) in [5.74, 6) is 0. The van der Waals surface area contributed by atoms with Gasteiger partial charge < -0.3 is 5.32 Å². The van der Waals surface area contributed by atoms with Crippen molar-refractivity contribution in [1.29, 1.82) is 0 Å². The number of fused-ring (bicyclic) bond motifs is 1. The fraction of sp³-hybridized carbons (Fsp3) is 0.300. The van der Waals surface area contributed by atoms with Crippen molar-refractivity contribution in [3.63, 3.8) is 0 Å². The Balaban J connectivity index is 2.51. The molecule has 1 N–H and O–H groups in total. The first kappa shape index (κ1) is 9.87. The summed E-state index contributed by atoms with van der Waals surface area (Å²) < 4.78 is 0. The number of para-hydroxylation sites is 1. The Morgan fingerprint density at radius 2 is 2.14 bits per heavy atom. The first-order valence-electron chi connectivity index (χ1n) is 4.30. The average Bonchev–Trinajstić information content (AvgIpc) is 2.09. The number of hydrogen-bond donors (Lipinski definition) is 1. The molecule has 1 aromatic carbocycles. The van der Waals surface area contributed by atoms with Crippen molar-refractivity contribution in [2.75, 3.05) is 5.32 Å². The molecule has 0 saturated heterocycles. The quantitative estimate of drug-likeness (QED) is 0.738. The molecule has 0 spiro atoms. The van der Waals surface area contributed by atoms with Gasteiger partial charge in [-0.25, -0.2) is 0 Å². The normalized spacial score (nSPS) is 18.6. The first-order valence-corrected chi connectivity index (χ1v) is 5.49. The standard InChI is InChI=1S/C10H10ClNOS/c1-10(2)9(13)14-7-5-3-4-6(11)8(7)12-10/h3-5,12H,1-2H3. The van der Waals surface area contributed by atoms with Crippen molar-refractivity contribution < 1.29 is 4.79 Å². The molecule has 0 amide bonds. The van der Waals surface area contributed by atoms with Gasteiger partial charge in [0.05, 0.1) is 10.7 Å². The van der Waals surface area contributed by atoms with Crippen LogP contribution in [-0.4, -0.2) is 10.7 Å². The highest BCUT2D eigenvalue weighted by atomic mass is 35.5. The van der Waals surface area contributed by atoms with Crippen LogP contribution in [0.5, 0.6) is 0 Å². The third-order valence-electron chi connectivity index (χ3n) is 2.13. The monoisotopic (exact) mass is 227 g/mol. The van der Waals surface area contributed by atoms with Crippen LogP contribution in [0.2, 0.25) is 5.02 Å². The van der Waals surface area contributed by atoms with E-state index in [-0.39, 0.29) is 5.12 Å². The van der Waals surface area contributed by atoms with E-state index < -0.39 is 5.54 Å². The number of rotatable bonds is 0. The molecular formula is C10H10ClNOS. The molecule has 14 heavy (non-hydrogen) atoms. The van der Waals surface area contributed by atoms with Gasteiger partial charge in [0, 0.05) is 4.90 Å². The molecule has 1 aromatic rings. The van der Waals surface area contributed by atoms with Crippen LogP contribution in [0.25, 0.3) is 0 Å². The topological polar surface area (TPSA) is 29.1 Å². The Bertz CT molecular complexity index is 403. The second-order valence-corrected chi connectivity index (χ2v) is 5.17. The molecule has 2 rings (SSSR count). The molecule has 1 heterocycles. The van der Waals surface area contributed by atoms with E-state index in [1.54, 1.807) is 0 Å². The van der Waals surface area contributed by atoms with E-state index in [9.17, 15) is 4.79 Å². The predicted molar refractivity (Wildman–Crippen MR) is 60.0 cm³/mol. The Morgan fingerprint density at radius 3 is 2.86 bits per heavy atom. The molecule has 1 aliphatic rings.